The van der Waals surface area contributed by atoms with Crippen LogP contribution in [0.15, 0.2) is 54.7 Å². The third kappa shape index (κ3) is 3.69. The summed E-state index contributed by atoms with van der Waals surface area (Å²) in [5.74, 6) is 0.736. The molecule has 0 amide bonds. The van der Waals surface area contributed by atoms with Gasteiger partial charge in [0.25, 0.3) is 0 Å². The van der Waals surface area contributed by atoms with Gasteiger partial charge in [0.05, 0.1) is 18.3 Å². The minimum Gasteiger partial charge on any atom is -0.383 e. The van der Waals surface area contributed by atoms with Gasteiger partial charge in [0.15, 0.2) is 0 Å². The summed E-state index contributed by atoms with van der Waals surface area (Å²) in [5, 5.41) is 3.76. The lowest BCUT2D eigenvalue weighted by Gasteiger charge is -2.25. The molecule has 1 aromatic heterocycles. The Bertz CT molecular complexity index is 500. The Morgan fingerprint density at radius 1 is 1.14 bits per heavy atom. The van der Waals surface area contributed by atoms with Gasteiger partial charge in [0, 0.05) is 19.3 Å². The summed E-state index contributed by atoms with van der Waals surface area (Å²) in [5.41, 5.74) is 2.31. The molecule has 1 heterocycles. The molecule has 1 aliphatic carbocycles. The Hall–Kier alpha value is -1.71. The number of hydrogen-bond acceptors (Lipinski definition) is 3. The fourth-order valence-electron chi connectivity index (χ4n) is 2.76. The van der Waals surface area contributed by atoms with Crippen molar-refractivity contribution in [2.75, 3.05) is 13.7 Å². The normalized spacial score (nSPS) is 17.4. The van der Waals surface area contributed by atoms with Crippen LogP contribution in [-0.2, 0) is 4.74 Å². The van der Waals surface area contributed by atoms with Gasteiger partial charge in [-0.15, -0.1) is 0 Å². The number of hydrogen-bond donors (Lipinski definition) is 1. The van der Waals surface area contributed by atoms with Gasteiger partial charge in [-0.2, -0.15) is 0 Å². The first-order valence-corrected chi connectivity index (χ1v) is 7.59. The van der Waals surface area contributed by atoms with E-state index in [0.717, 1.165) is 18.2 Å². The molecule has 1 fully saturated rings. The van der Waals surface area contributed by atoms with E-state index in [-0.39, 0.29) is 6.04 Å². The molecular formula is C18H22N2O. The first-order chi connectivity index (χ1) is 10.4. The second-order valence-corrected chi connectivity index (χ2v) is 5.66. The number of aromatic nitrogens is 1. The third-order valence-electron chi connectivity index (χ3n) is 4.03. The lowest BCUT2D eigenvalue weighted by atomic mass is 10.0. The molecule has 0 bridgehead atoms. The van der Waals surface area contributed by atoms with Gasteiger partial charge in [-0.05, 0) is 36.5 Å². The monoisotopic (exact) mass is 282 g/mol. The highest BCUT2D eigenvalue weighted by Crippen LogP contribution is 2.34. The summed E-state index contributed by atoms with van der Waals surface area (Å²) < 4.78 is 5.40. The van der Waals surface area contributed by atoms with Gasteiger partial charge in [-0.1, -0.05) is 36.4 Å². The zero-order valence-corrected chi connectivity index (χ0v) is 12.4. The summed E-state index contributed by atoms with van der Waals surface area (Å²) in [6.07, 6.45) is 4.45. The molecule has 3 heteroatoms. The van der Waals surface area contributed by atoms with Crippen LogP contribution in [0.5, 0.6) is 0 Å². The van der Waals surface area contributed by atoms with Crippen molar-refractivity contribution in [1.29, 1.82) is 0 Å². The van der Waals surface area contributed by atoms with E-state index >= 15 is 0 Å². The van der Waals surface area contributed by atoms with Gasteiger partial charge >= 0.3 is 0 Å². The van der Waals surface area contributed by atoms with Gasteiger partial charge in [0.1, 0.15) is 0 Å². The molecule has 0 radical (unpaired) electrons. The minimum atomic E-state index is 0.119. The Balaban J connectivity index is 1.85. The summed E-state index contributed by atoms with van der Waals surface area (Å²) in [6.45, 7) is 0.751. The van der Waals surface area contributed by atoms with E-state index in [1.165, 1.54) is 18.4 Å². The summed E-state index contributed by atoms with van der Waals surface area (Å²) in [7, 11) is 1.77. The van der Waals surface area contributed by atoms with Crippen LogP contribution in [-0.4, -0.2) is 24.7 Å². The van der Waals surface area contributed by atoms with Crippen molar-refractivity contribution >= 4 is 0 Å². The van der Waals surface area contributed by atoms with Crippen molar-refractivity contribution < 1.29 is 4.74 Å². The second-order valence-electron chi connectivity index (χ2n) is 5.66. The quantitative estimate of drug-likeness (QED) is 0.847. The van der Waals surface area contributed by atoms with Crippen LogP contribution in [0.2, 0.25) is 0 Å². The predicted molar refractivity (Wildman–Crippen MR) is 84.0 cm³/mol. The number of nitrogens with zero attached hydrogens (tertiary/aromatic N) is 1. The first-order valence-electron chi connectivity index (χ1n) is 7.59. The van der Waals surface area contributed by atoms with E-state index in [9.17, 15) is 0 Å². The highest BCUT2D eigenvalue weighted by atomic mass is 16.5. The average molecular weight is 282 g/mol. The topological polar surface area (TPSA) is 34.1 Å². The summed E-state index contributed by atoms with van der Waals surface area (Å²) in [6, 6.07) is 17.1. The lowest BCUT2D eigenvalue weighted by molar-refractivity contribution is 0.153. The van der Waals surface area contributed by atoms with Crippen molar-refractivity contribution in [2.45, 2.75) is 24.9 Å². The van der Waals surface area contributed by atoms with E-state index in [1.807, 2.05) is 24.4 Å². The highest BCUT2D eigenvalue weighted by molar-refractivity contribution is 5.27. The molecule has 1 aromatic carbocycles. The van der Waals surface area contributed by atoms with Gasteiger partial charge in [-0.25, -0.2) is 0 Å². The molecular weight excluding hydrogens is 260 g/mol. The van der Waals surface area contributed by atoms with E-state index in [4.69, 9.17) is 4.74 Å². The highest BCUT2D eigenvalue weighted by Gasteiger charge is 2.33. The fraction of sp³-hybridized carbons (Fsp3) is 0.389. The van der Waals surface area contributed by atoms with Crippen molar-refractivity contribution in [1.82, 2.24) is 10.3 Å². The first kappa shape index (κ1) is 14.2. The minimum absolute atomic E-state index is 0.119. The molecule has 2 aromatic rings. The van der Waals surface area contributed by atoms with Crippen LogP contribution in [0.4, 0.5) is 0 Å². The smallest absolute Gasteiger partial charge is 0.0754 e. The van der Waals surface area contributed by atoms with E-state index in [1.54, 1.807) is 7.11 Å². The molecule has 1 aliphatic rings. The molecule has 1 saturated carbocycles. The number of nitrogens with one attached hydrogen (secondary N) is 1. The second kappa shape index (κ2) is 6.83. The SMILES string of the molecule is COC[C@@H](N[C@H](c1ccccc1)c1ccccn1)C1CC1. The lowest BCUT2D eigenvalue weighted by Crippen LogP contribution is -2.38. The van der Waals surface area contributed by atoms with Crippen molar-refractivity contribution in [3.8, 4) is 0 Å². The van der Waals surface area contributed by atoms with Crippen molar-refractivity contribution in [2.24, 2.45) is 5.92 Å². The van der Waals surface area contributed by atoms with Crippen LogP contribution < -0.4 is 5.32 Å². The average Bonchev–Trinajstić information content (AvgIpc) is 3.38. The van der Waals surface area contributed by atoms with Gasteiger partial charge in [-0.3, -0.25) is 10.3 Å². The Kier molecular flexibility index (Phi) is 4.63. The van der Waals surface area contributed by atoms with E-state index < -0.39 is 0 Å². The largest absolute Gasteiger partial charge is 0.383 e. The van der Waals surface area contributed by atoms with Crippen LogP contribution >= 0.6 is 0 Å². The zero-order chi connectivity index (χ0) is 14.5. The summed E-state index contributed by atoms with van der Waals surface area (Å²) >= 11 is 0. The third-order valence-corrected chi connectivity index (χ3v) is 4.03. The predicted octanol–water partition coefficient (Wildman–Crippen LogP) is 3.19. The van der Waals surface area contributed by atoms with E-state index in [0.29, 0.717) is 6.04 Å². The Morgan fingerprint density at radius 3 is 2.52 bits per heavy atom. The zero-order valence-electron chi connectivity index (χ0n) is 12.4. The molecule has 0 aliphatic heterocycles. The van der Waals surface area contributed by atoms with Crippen LogP contribution in [0.25, 0.3) is 0 Å². The molecule has 3 nitrogen and oxygen atoms in total. The Labute approximate surface area is 126 Å². The van der Waals surface area contributed by atoms with Crippen molar-refractivity contribution in [3.63, 3.8) is 0 Å². The number of methoxy groups -OCH3 is 1. The maximum atomic E-state index is 5.40. The number of ether oxygens (including phenoxy) is 1. The molecule has 2 atom stereocenters. The number of pyridine rings is 1. The number of benzene rings is 1. The van der Waals surface area contributed by atoms with Crippen LogP contribution in [0.1, 0.15) is 30.1 Å². The Morgan fingerprint density at radius 2 is 1.90 bits per heavy atom. The van der Waals surface area contributed by atoms with E-state index in [2.05, 4.69) is 40.6 Å². The number of rotatable bonds is 7. The molecule has 3 rings (SSSR count). The standard InChI is InChI=1S/C18H22N2O/c1-21-13-17(14-10-11-14)20-18(15-7-3-2-4-8-15)16-9-5-6-12-19-16/h2-9,12,14,17-18,20H,10-11,13H2,1H3/t17-,18-/m1/s1. The maximum Gasteiger partial charge on any atom is 0.0754 e. The fourth-order valence-corrected chi connectivity index (χ4v) is 2.76. The maximum absolute atomic E-state index is 5.40. The van der Waals surface area contributed by atoms with Crippen LogP contribution in [0, 0.1) is 5.92 Å². The molecule has 110 valence electrons. The van der Waals surface area contributed by atoms with Crippen LogP contribution in [0.3, 0.4) is 0 Å². The molecule has 0 unspecified atom stereocenters. The summed E-state index contributed by atoms with van der Waals surface area (Å²) in [4.78, 5) is 4.55. The molecule has 21 heavy (non-hydrogen) atoms. The van der Waals surface area contributed by atoms with Gasteiger partial charge in [0.2, 0.25) is 0 Å². The molecule has 0 spiro atoms. The molecule has 1 N–H and O–H groups in total. The molecule has 0 saturated heterocycles. The van der Waals surface area contributed by atoms with Gasteiger partial charge < -0.3 is 4.74 Å². The van der Waals surface area contributed by atoms with Crippen molar-refractivity contribution in [3.05, 3.63) is 66.0 Å².